The maximum absolute atomic E-state index is 12.2. The molecule has 0 bridgehead atoms. The van der Waals surface area contributed by atoms with Crippen molar-refractivity contribution in [3.63, 3.8) is 0 Å². The van der Waals surface area contributed by atoms with Gasteiger partial charge in [-0.25, -0.2) is 4.79 Å². The quantitative estimate of drug-likeness (QED) is 0.626. The Morgan fingerprint density at radius 3 is 2.56 bits per heavy atom. The average molecular weight is 221 g/mol. The van der Waals surface area contributed by atoms with Crippen LogP contribution in [0.15, 0.2) is 0 Å². The summed E-state index contributed by atoms with van der Waals surface area (Å²) in [7, 11) is 0. The maximum Gasteiger partial charge on any atom is 0.321 e. The van der Waals surface area contributed by atoms with Crippen molar-refractivity contribution in [3.05, 3.63) is 0 Å². The Bertz CT molecular complexity index is 302. The van der Waals surface area contributed by atoms with Crippen molar-refractivity contribution < 1.29 is 4.79 Å². The predicted octanol–water partition coefficient (Wildman–Crippen LogP) is 1.83. The summed E-state index contributed by atoms with van der Waals surface area (Å²) in [5.41, 5.74) is 0. The Labute approximate surface area is 96.8 Å². The lowest BCUT2D eigenvalue weighted by Gasteiger charge is -2.34. The number of carbonyl (C=O) groups is 1. The molecule has 2 fully saturated rings. The second kappa shape index (κ2) is 4.73. The fourth-order valence-corrected chi connectivity index (χ4v) is 2.51. The number of amides is 2. The van der Waals surface area contributed by atoms with Gasteiger partial charge in [-0.3, -0.25) is 0 Å². The molecule has 2 aliphatic rings. The second-order valence-electron chi connectivity index (χ2n) is 4.93. The summed E-state index contributed by atoms with van der Waals surface area (Å²) in [5.74, 6) is 0.731. The molecule has 2 aliphatic heterocycles. The zero-order valence-electron chi connectivity index (χ0n) is 9.85. The van der Waals surface area contributed by atoms with Gasteiger partial charge in [0.15, 0.2) is 0 Å². The second-order valence-corrected chi connectivity index (χ2v) is 4.93. The number of carbonyl (C=O) groups excluding carboxylic acids is 1. The highest BCUT2D eigenvalue weighted by Crippen LogP contribution is 2.22. The van der Waals surface area contributed by atoms with Crippen molar-refractivity contribution in [1.82, 2.24) is 9.80 Å². The summed E-state index contributed by atoms with van der Waals surface area (Å²) in [6, 6.07) is 2.11. The first-order chi connectivity index (χ1) is 7.72. The molecule has 0 aromatic rings. The largest absolute Gasteiger partial charge is 0.325 e. The van der Waals surface area contributed by atoms with Crippen LogP contribution in [0.3, 0.4) is 0 Å². The first-order valence-electron chi connectivity index (χ1n) is 6.17. The molecule has 1 atom stereocenters. The van der Waals surface area contributed by atoms with Crippen LogP contribution in [0, 0.1) is 17.2 Å². The van der Waals surface area contributed by atoms with Crippen LogP contribution in [0.25, 0.3) is 0 Å². The third-order valence-corrected chi connectivity index (χ3v) is 3.70. The van der Waals surface area contributed by atoms with E-state index >= 15 is 0 Å². The molecule has 2 amide bonds. The zero-order valence-corrected chi connectivity index (χ0v) is 9.85. The Morgan fingerprint density at radius 2 is 1.94 bits per heavy atom. The molecule has 88 valence electrons. The lowest BCUT2D eigenvalue weighted by Crippen LogP contribution is -2.47. The van der Waals surface area contributed by atoms with Gasteiger partial charge < -0.3 is 9.80 Å². The molecule has 4 heteroatoms. The van der Waals surface area contributed by atoms with E-state index in [2.05, 4.69) is 13.0 Å². The number of likely N-dealkylation sites (tertiary alicyclic amines) is 2. The molecule has 0 aliphatic carbocycles. The Balaban J connectivity index is 1.94. The lowest BCUT2D eigenvalue weighted by atomic mass is 9.99. The number of urea groups is 1. The predicted molar refractivity (Wildman–Crippen MR) is 60.7 cm³/mol. The van der Waals surface area contributed by atoms with E-state index in [1.54, 1.807) is 4.90 Å². The fourth-order valence-electron chi connectivity index (χ4n) is 2.51. The van der Waals surface area contributed by atoms with Crippen LogP contribution in [0.2, 0.25) is 0 Å². The third kappa shape index (κ3) is 2.13. The first kappa shape index (κ1) is 11.3. The number of hydrogen-bond donors (Lipinski definition) is 0. The van der Waals surface area contributed by atoms with Crippen LogP contribution in [0.5, 0.6) is 0 Å². The van der Waals surface area contributed by atoms with Gasteiger partial charge in [0, 0.05) is 19.6 Å². The van der Waals surface area contributed by atoms with E-state index in [9.17, 15) is 4.79 Å². The summed E-state index contributed by atoms with van der Waals surface area (Å²) in [5, 5.41) is 8.96. The van der Waals surface area contributed by atoms with Crippen LogP contribution < -0.4 is 0 Å². The average Bonchev–Trinajstić information content (AvgIpc) is 2.77. The minimum absolute atomic E-state index is 0.0796. The van der Waals surface area contributed by atoms with Crippen molar-refractivity contribution in [1.29, 1.82) is 5.26 Å². The number of piperidine rings is 1. The van der Waals surface area contributed by atoms with Gasteiger partial charge in [0.05, 0.1) is 6.07 Å². The molecule has 0 aromatic carbocycles. The molecule has 0 N–H and O–H groups in total. The van der Waals surface area contributed by atoms with Crippen LogP contribution in [0.1, 0.15) is 32.6 Å². The molecule has 0 radical (unpaired) electrons. The van der Waals surface area contributed by atoms with Crippen molar-refractivity contribution in [2.75, 3.05) is 19.6 Å². The van der Waals surface area contributed by atoms with E-state index in [1.165, 1.54) is 0 Å². The van der Waals surface area contributed by atoms with Gasteiger partial charge in [0.2, 0.25) is 0 Å². The molecule has 1 unspecified atom stereocenters. The topological polar surface area (TPSA) is 47.3 Å². The normalized spacial score (nSPS) is 26.9. The lowest BCUT2D eigenvalue weighted by molar-refractivity contribution is 0.137. The molecule has 4 nitrogen and oxygen atoms in total. The molecule has 2 saturated heterocycles. The number of hydrogen-bond acceptors (Lipinski definition) is 2. The Morgan fingerprint density at radius 1 is 1.25 bits per heavy atom. The SMILES string of the molecule is CC1CCN(C(=O)N2CCCC2C#N)CC1. The molecular weight excluding hydrogens is 202 g/mol. The number of nitrogens with zero attached hydrogens (tertiary/aromatic N) is 3. The van der Waals surface area contributed by atoms with Gasteiger partial charge in [0.1, 0.15) is 6.04 Å². The van der Waals surface area contributed by atoms with E-state index < -0.39 is 0 Å². The van der Waals surface area contributed by atoms with Crippen LogP contribution >= 0.6 is 0 Å². The summed E-state index contributed by atoms with van der Waals surface area (Å²) in [6.07, 6.45) is 3.99. The molecule has 2 rings (SSSR count). The van der Waals surface area contributed by atoms with E-state index in [1.807, 2.05) is 4.90 Å². The summed E-state index contributed by atoms with van der Waals surface area (Å²) in [4.78, 5) is 15.8. The number of nitriles is 1. The van der Waals surface area contributed by atoms with Gasteiger partial charge >= 0.3 is 6.03 Å². The van der Waals surface area contributed by atoms with E-state index in [0.717, 1.165) is 51.2 Å². The van der Waals surface area contributed by atoms with Crippen LogP contribution in [-0.2, 0) is 0 Å². The molecule has 0 saturated carbocycles. The molecule has 0 spiro atoms. The van der Waals surface area contributed by atoms with Crippen molar-refractivity contribution in [3.8, 4) is 6.07 Å². The fraction of sp³-hybridized carbons (Fsp3) is 0.833. The van der Waals surface area contributed by atoms with E-state index in [4.69, 9.17) is 5.26 Å². The van der Waals surface area contributed by atoms with Crippen LogP contribution in [0.4, 0.5) is 4.79 Å². The Kier molecular flexibility index (Phi) is 3.33. The Hall–Kier alpha value is -1.24. The van der Waals surface area contributed by atoms with Gasteiger partial charge in [-0.05, 0) is 31.6 Å². The molecule has 16 heavy (non-hydrogen) atoms. The smallest absolute Gasteiger partial charge is 0.321 e. The summed E-state index contributed by atoms with van der Waals surface area (Å²) in [6.45, 7) is 4.70. The highest BCUT2D eigenvalue weighted by molar-refractivity contribution is 5.75. The van der Waals surface area contributed by atoms with Crippen molar-refractivity contribution >= 4 is 6.03 Å². The zero-order chi connectivity index (χ0) is 11.5. The molecular formula is C12H19N3O. The maximum atomic E-state index is 12.2. The minimum atomic E-state index is -0.188. The molecule has 0 aromatic heterocycles. The van der Waals surface area contributed by atoms with Gasteiger partial charge in [0.25, 0.3) is 0 Å². The monoisotopic (exact) mass is 221 g/mol. The standard InChI is InChI=1S/C12H19N3O/c1-10-4-7-14(8-5-10)12(16)15-6-2-3-11(15)9-13/h10-11H,2-8H2,1H3. The first-order valence-corrected chi connectivity index (χ1v) is 6.17. The number of rotatable bonds is 0. The molecule has 2 heterocycles. The highest BCUT2D eigenvalue weighted by atomic mass is 16.2. The van der Waals surface area contributed by atoms with E-state index in [0.29, 0.717) is 0 Å². The van der Waals surface area contributed by atoms with Gasteiger partial charge in [-0.15, -0.1) is 0 Å². The minimum Gasteiger partial charge on any atom is -0.325 e. The highest BCUT2D eigenvalue weighted by Gasteiger charge is 2.32. The van der Waals surface area contributed by atoms with Gasteiger partial charge in [-0.2, -0.15) is 5.26 Å². The van der Waals surface area contributed by atoms with Crippen molar-refractivity contribution in [2.24, 2.45) is 5.92 Å². The van der Waals surface area contributed by atoms with Crippen molar-refractivity contribution in [2.45, 2.75) is 38.6 Å². The van der Waals surface area contributed by atoms with Gasteiger partial charge in [-0.1, -0.05) is 6.92 Å². The third-order valence-electron chi connectivity index (χ3n) is 3.70. The summed E-state index contributed by atoms with van der Waals surface area (Å²) >= 11 is 0. The summed E-state index contributed by atoms with van der Waals surface area (Å²) < 4.78 is 0. The van der Waals surface area contributed by atoms with E-state index in [-0.39, 0.29) is 12.1 Å². The van der Waals surface area contributed by atoms with Crippen LogP contribution in [-0.4, -0.2) is 41.5 Å².